The van der Waals surface area contributed by atoms with Gasteiger partial charge in [0, 0.05) is 18.7 Å². The lowest BCUT2D eigenvalue weighted by Gasteiger charge is -2.12. The fourth-order valence-electron chi connectivity index (χ4n) is 3.12. The number of fused-ring (bicyclic) bond motifs is 3. The van der Waals surface area contributed by atoms with Crippen molar-refractivity contribution in [2.45, 2.75) is 0 Å². The minimum absolute atomic E-state index is 0.0587. The highest BCUT2D eigenvalue weighted by Crippen LogP contribution is 2.33. The van der Waals surface area contributed by atoms with Gasteiger partial charge in [-0.3, -0.25) is 4.40 Å². The van der Waals surface area contributed by atoms with Gasteiger partial charge in [0.1, 0.15) is 5.52 Å². The summed E-state index contributed by atoms with van der Waals surface area (Å²) in [6, 6.07) is 9.30. The van der Waals surface area contributed by atoms with Gasteiger partial charge in [-0.2, -0.15) is 0 Å². The molecule has 6 N–H and O–H groups in total. The number of benzene rings is 2. The number of phenols is 2. The fourth-order valence-corrected chi connectivity index (χ4v) is 3.12. The van der Waals surface area contributed by atoms with E-state index in [1.165, 1.54) is 18.2 Å². The van der Waals surface area contributed by atoms with E-state index in [-0.39, 0.29) is 17.1 Å². The summed E-state index contributed by atoms with van der Waals surface area (Å²) < 4.78 is 1.76. The van der Waals surface area contributed by atoms with Gasteiger partial charge >= 0.3 is 5.97 Å². The van der Waals surface area contributed by atoms with Crippen LogP contribution in [-0.2, 0) is 0 Å². The molecule has 0 fully saturated rings. The standard InChI is InChI=1S/C19H17N5O4/c20-6-7-21-17-18-22-9-13(10-4-5-14(25)15(26)8-10)24(18)12-3-1-2-11(19(27)28)16(12)23-17/h1-5,8-9,25-26H,6-7,20H2,(H,21,23)(H,27,28). The molecule has 0 amide bonds. The Kier molecular flexibility index (Phi) is 4.21. The third kappa shape index (κ3) is 2.74. The molecule has 4 rings (SSSR count). The Hall–Kier alpha value is -3.85. The van der Waals surface area contributed by atoms with E-state index < -0.39 is 5.97 Å². The molecule has 0 unspecified atom stereocenters. The molecule has 0 atom stereocenters. The van der Waals surface area contributed by atoms with E-state index in [4.69, 9.17) is 5.73 Å². The lowest BCUT2D eigenvalue weighted by atomic mass is 10.1. The molecule has 0 aliphatic carbocycles. The van der Waals surface area contributed by atoms with E-state index in [0.717, 1.165) is 0 Å². The topological polar surface area (TPSA) is 146 Å². The first-order valence-corrected chi connectivity index (χ1v) is 8.51. The molecule has 9 heteroatoms. The van der Waals surface area contributed by atoms with Gasteiger partial charge in [-0.15, -0.1) is 0 Å². The van der Waals surface area contributed by atoms with Crippen molar-refractivity contribution in [3.63, 3.8) is 0 Å². The van der Waals surface area contributed by atoms with Crippen molar-refractivity contribution in [1.29, 1.82) is 0 Å². The Bertz CT molecular complexity index is 1220. The maximum Gasteiger partial charge on any atom is 0.337 e. The SMILES string of the molecule is NCCNc1nc2c(C(=O)O)cccc2n2c(-c3ccc(O)c(O)c3)cnc12. The van der Waals surface area contributed by atoms with Crippen LogP contribution in [0.25, 0.3) is 27.9 Å². The number of nitrogens with one attached hydrogen (secondary N) is 1. The molecule has 0 spiro atoms. The molecule has 2 heterocycles. The number of aromatic hydroxyl groups is 2. The molecule has 9 nitrogen and oxygen atoms in total. The zero-order valence-corrected chi connectivity index (χ0v) is 14.6. The minimum Gasteiger partial charge on any atom is -0.504 e. The summed E-state index contributed by atoms with van der Waals surface area (Å²) in [6.45, 7) is 0.803. The number of carboxylic acids is 1. The summed E-state index contributed by atoms with van der Waals surface area (Å²) in [5.74, 6) is -1.19. The van der Waals surface area contributed by atoms with Gasteiger partial charge in [-0.25, -0.2) is 14.8 Å². The van der Waals surface area contributed by atoms with Crippen LogP contribution in [0.5, 0.6) is 11.5 Å². The van der Waals surface area contributed by atoms with Gasteiger partial charge in [0.05, 0.1) is 23.0 Å². The Morgan fingerprint density at radius 2 is 2.00 bits per heavy atom. The van der Waals surface area contributed by atoms with E-state index in [1.807, 2.05) is 0 Å². The number of phenolic OH excluding ortho intramolecular Hbond substituents is 2. The smallest absolute Gasteiger partial charge is 0.337 e. The molecule has 2 aromatic carbocycles. The molecule has 0 saturated carbocycles. The Morgan fingerprint density at radius 3 is 2.71 bits per heavy atom. The molecule has 0 aliphatic rings. The summed E-state index contributed by atoms with van der Waals surface area (Å²) in [5.41, 5.74) is 8.18. The van der Waals surface area contributed by atoms with E-state index >= 15 is 0 Å². The van der Waals surface area contributed by atoms with Crippen LogP contribution in [0.4, 0.5) is 5.82 Å². The molecule has 28 heavy (non-hydrogen) atoms. The second-order valence-corrected chi connectivity index (χ2v) is 6.16. The summed E-state index contributed by atoms with van der Waals surface area (Å²) in [6.07, 6.45) is 1.60. The van der Waals surface area contributed by atoms with Gasteiger partial charge in [-0.05, 0) is 30.3 Å². The molecule has 0 saturated heterocycles. The summed E-state index contributed by atoms with van der Waals surface area (Å²) >= 11 is 0. The third-order valence-corrected chi connectivity index (χ3v) is 4.39. The summed E-state index contributed by atoms with van der Waals surface area (Å²) in [5, 5.41) is 32.1. The monoisotopic (exact) mass is 379 g/mol. The van der Waals surface area contributed by atoms with Crippen LogP contribution in [0.2, 0.25) is 0 Å². The van der Waals surface area contributed by atoms with Crippen molar-refractivity contribution in [2.75, 3.05) is 18.4 Å². The van der Waals surface area contributed by atoms with Gasteiger partial charge in [0.15, 0.2) is 23.0 Å². The predicted octanol–water partition coefficient (Wildman–Crippen LogP) is 2.03. The first-order chi connectivity index (χ1) is 13.5. The summed E-state index contributed by atoms with van der Waals surface area (Å²) in [4.78, 5) is 20.6. The maximum absolute atomic E-state index is 11.7. The normalized spacial score (nSPS) is 11.2. The zero-order chi connectivity index (χ0) is 19.8. The number of anilines is 1. The number of nitrogens with two attached hydrogens (primary N) is 1. The largest absolute Gasteiger partial charge is 0.504 e. The highest BCUT2D eigenvalue weighted by atomic mass is 16.4. The van der Waals surface area contributed by atoms with Crippen LogP contribution in [0.1, 0.15) is 10.4 Å². The molecular weight excluding hydrogens is 362 g/mol. The second kappa shape index (κ2) is 6.71. The molecular formula is C19H17N5O4. The van der Waals surface area contributed by atoms with Crippen LogP contribution in [0, 0.1) is 0 Å². The number of nitrogens with zero attached hydrogens (tertiary/aromatic N) is 3. The molecule has 2 aromatic heterocycles. The van der Waals surface area contributed by atoms with Crippen LogP contribution in [-0.4, -0.2) is 48.7 Å². The fraction of sp³-hybridized carbons (Fsp3) is 0.105. The van der Waals surface area contributed by atoms with Crippen LogP contribution in [0.3, 0.4) is 0 Å². The van der Waals surface area contributed by atoms with Crippen molar-refractivity contribution in [3.8, 4) is 22.8 Å². The average Bonchev–Trinajstić information content (AvgIpc) is 3.13. The van der Waals surface area contributed by atoms with Crippen LogP contribution in [0.15, 0.2) is 42.6 Å². The number of rotatable bonds is 5. The van der Waals surface area contributed by atoms with Gasteiger partial charge in [0.25, 0.3) is 0 Å². The van der Waals surface area contributed by atoms with Crippen molar-refractivity contribution in [3.05, 3.63) is 48.2 Å². The highest BCUT2D eigenvalue weighted by molar-refractivity contribution is 6.02. The number of hydrogen-bond donors (Lipinski definition) is 5. The molecule has 0 bridgehead atoms. The number of imidazole rings is 1. The zero-order valence-electron chi connectivity index (χ0n) is 14.6. The molecule has 0 radical (unpaired) electrons. The van der Waals surface area contributed by atoms with E-state index in [0.29, 0.717) is 46.8 Å². The lowest BCUT2D eigenvalue weighted by molar-refractivity contribution is 0.0699. The maximum atomic E-state index is 11.7. The Balaban J connectivity index is 2.09. The molecule has 4 aromatic rings. The molecule has 142 valence electrons. The Morgan fingerprint density at radius 1 is 1.18 bits per heavy atom. The average molecular weight is 379 g/mol. The van der Waals surface area contributed by atoms with E-state index in [1.54, 1.807) is 28.8 Å². The second-order valence-electron chi connectivity index (χ2n) is 6.16. The minimum atomic E-state index is -1.09. The van der Waals surface area contributed by atoms with Crippen LogP contribution < -0.4 is 11.1 Å². The van der Waals surface area contributed by atoms with Gasteiger partial charge in [-0.1, -0.05) is 6.07 Å². The first-order valence-electron chi connectivity index (χ1n) is 8.51. The first kappa shape index (κ1) is 17.6. The summed E-state index contributed by atoms with van der Waals surface area (Å²) in [7, 11) is 0. The number of carbonyl (C=O) groups is 1. The van der Waals surface area contributed by atoms with Crippen molar-refractivity contribution < 1.29 is 20.1 Å². The van der Waals surface area contributed by atoms with E-state index in [9.17, 15) is 20.1 Å². The van der Waals surface area contributed by atoms with Gasteiger partial charge < -0.3 is 26.4 Å². The van der Waals surface area contributed by atoms with Crippen molar-refractivity contribution in [2.24, 2.45) is 5.73 Å². The van der Waals surface area contributed by atoms with Crippen molar-refractivity contribution in [1.82, 2.24) is 14.4 Å². The van der Waals surface area contributed by atoms with Gasteiger partial charge in [0.2, 0.25) is 0 Å². The Labute approximate surface area is 158 Å². The predicted molar refractivity (Wildman–Crippen MR) is 104 cm³/mol. The molecule has 0 aliphatic heterocycles. The number of para-hydroxylation sites is 1. The third-order valence-electron chi connectivity index (χ3n) is 4.39. The van der Waals surface area contributed by atoms with Crippen LogP contribution >= 0.6 is 0 Å². The number of hydrogen-bond acceptors (Lipinski definition) is 7. The number of aromatic nitrogens is 3. The van der Waals surface area contributed by atoms with E-state index in [2.05, 4.69) is 15.3 Å². The van der Waals surface area contributed by atoms with Crippen molar-refractivity contribution >= 4 is 28.5 Å². The highest BCUT2D eigenvalue weighted by Gasteiger charge is 2.19. The number of aromatic carboxylic acids is 1. The lowest BCUT2D eigenvalue weighted by Crippen LogP contribution is -2.15. The quantitative estimate of drug-likeness (QED) is 0.331. The number of carboxylic acid groups (broad SMARTS) is 1.